The van der Waals surface area contributed by atoms with Crippen molar-refractivity contribution < 1.29 is 4.79 Å². The number of benzene rings is 2. The maximum atomic E-state index is 12.6. The Bertz CT molecular complexity index is 855. The Balaban J connectivity index is 1.72. The largest absolute Gasteiger partial charge is 0.301 e. The number of thiazole rings is 1. The van der Waals surface area contributed by atoms with Gasteiger partial charge < -0.3 is 5.32 Å². The molecular weight excluding hydrogens is 336 g/mol. The molecule has 0 radical (unpaired) electrons. The van der Waals surface area contributed by atoms with Crippen LogP contribution >= 0.6 is 23.1 Å². The summed E-state index contributed by atoms with van der Waals surface area (Å²) in [6, 6.07) is 14.4. The third kappa shape index (κ3) is 3.97. The number of rotatable bonds is 5. The molecule has 3 rings (SSSR count). The maximum Gasteiger partial charge on any atom is 0.239 e. The van der Waals surface area contributed by atoms with Gasteiger partial charge in [-0.1, -0.05) is 42.0 Å². The molecule has 0 aliphatic heterocycles. The lowest BCUT2D eigenvalue weighted by Crippen LogP contribution is -2.24. The van der Waals surface area contributed by atoms with Crippen LogP contribution in [0.1, 0.15) is 24.5 Å². The van der Waals surface area contributed by atoms with Gasteiger partial charge in [-0.3, -0.25) is 4.79 Å². The van der Waals surface area contributed by atoms with Crippen molar-refractivity contribution in [1.29, 1.82) is 0 Å². The van der Waals surface area contributed by atoms with Crippen molar-refractivity contribution >= 4 is 44.4 Å². The predicted octanol–water partition coefficient (Wildman–Crippen LogP) is 5.42. The van der Waals surface area contributed by atoms with Crippen molar-refractivity contribution in [1.82, 2.24) is 4.98 Å². The third-order valence-electron chi connectivity index (χ3n) is 3.74. The van der Waals surface area contributed by atoms with Gasteiger partial charge in [-0.15, -0.1) is 11.8 Å². The number of amides is 1. The standard InChI is InChI=1S/C19H20N2OS2/c1-4-16(23-14-8-5-12(2)6-9-14)18(22)21-19-20-15-10-7-13(3)11-17(15)24-19/h5-11,16H,4H2,1-3H3,(H,20,21,22). The molecule has 1 amide bonds. The second kappa shape index (κ2) is 7.36. The first kappa shape index (κ1) is 17.0. The van der Waals surface area contributed by atoms with Crippen molar-refractivity contribution in [3.05, 3.63) is 53.6 Å². The van der Waals surface area contributed by atoms with E-state index in [0.29, 0.717) is 5.13 Å². The molecule has 1 atom stereocenters. The number of nitrogens with zero attached hydrogens (tertiary/aromatic N) is 1. The normalized spacial score (nSPS) is 12.3. The highest BCUT2D eigenvalue weighted by molar-refractivity contribution is 8.00. The van der Waals surface area contributed by atoms with Gasteiger partial charge in [0.2, 0.25) is 5.91 Å². The van der Waals surface area contributed by atoms with Crippen LogP contribution < -0.4 is 5.32 Å². The molecule has 0 aliphatic rings. The van der Waals surface area contributed by atoms with E-state index in [-0.39, 0.29) is 11.2 Å². The molecule has 1 aromatic heterocycles. The number of aromatic nitrogens is 1. The predicted molar refractivity (Wildman–Crippen MR) is 104 cm³/mol. The van der Waals surface area contributed by atoms with E-state index in [4.69, 9.17) is 0 Å². The zero-order valence-corrected chi connectivity index (χ0v) is 15.6. The Morgan fingerprint density at radius 1 is 1.17 bits per heavy atom. The summed E-state index contributed by atoms with van der Waals surface area (Å²) in [5, 5.41) is 3.53. The fraction of sp³-hybridized carbons (Fsp3) is 0.263. The van der Waals surface area contributed by atoms with Gasteiger partial charge in [0.15, 0.2) is 5.13 Å². The quantitative estimate of drug-likeness (QED) is 0.620. The topological polar surface area (TPSA) is 42.0 Å². The summed E-state index contributed by atoms with van der Waals surface area (Å²) in [6.45, 7) is 6.16. The van der Waals surface area contributed by atoms with Gasteiger partial charge in [0.1, 0.15) is 0 Å². The van der Waals surface area contributed by atoms with Crippen LogP contribution in [0.15, 0.2) is 47.4 Å². The number of carbonyl (C=O) groups excluding carboxylic acids is 1. The minimum absolute atomic E-state index is 0.0128. The Kier molecular flexibility index (Phi) is 5.21. The van der Waals surface area contributed by atoms with Gasteiger partial charge in [0, 0.05) is 4.90 Å². The number of hydrogen-bond donors (Lipinski definition) is 1. The highest BCUT2D eigenvalue weighted by Crippen LogP contribution is 2.29. The minimum atomic E-state index is -0.124. The van der Waals surface area contributed by atoms with Crippen LogP contribution in [0.25, 0.3) is 10.2 Å². The maximum absolute atomic E-state index is 12.6. The highest BCUT2D eigenvalue weighted by atomic mass is 32.2. The summed E-state index contributed by atoms with van der Waals surface area (Å²) >= 11 is 3.12. The summed E-state index contributed by atoms with van der Waals surface area (Å²) in [5.74, 6) is 0.0128. The summed E-state index contributed by atoms with van der Waals surface area (Å²) in [7, 11) is 0. The average Bonchev–Trinajstić information content (AvgIpc) is 2.95. The summed E-state index contributed by atoms with van der Waals surface area (Å²) in [6.07, 6.45) is 0.772. The molecular formula is C19H20N2OS2. The summed E-state index contributed by atoms with van der Waals surface area (Å²) in [4.78, 5) is 18.2. The van der Waals surface area contributed by atoms with Crippen molar-refractivity contribution in [2.75, 3.05) is 5.32 Å². The Hall–Kier alpha value is -1.85. The van der Waals surface area contributed by atoms with E-state index in [0.717, 1.165) is 21.5 Å². The molecule has 0 aliphatic carbocycles. The lowest BCUT2D eigenvalue weighted by Gasteiger charge is -2.13. The molecule has 2 aromatic carbocycles. The summed E-state index contributed by atoms with van der Waals surface area (Å²) in [5.41, 5.74) is 3.35. The third-order valence-corrected chi connectivity index (χ3v) is 6.05. The SMILES string of the molecule is CCC(Sc1ccc(C)cc1)C(=O)Nc1nc2ccc(C)cc2s1. The second-order valence-corrected chi connectivity index (χ2v) is 8.11. The second-order valence-electron chi connectivity index (χ2n) is 5.81. The molecule has 0 fully saturated rings. The number of nitrogens with one attached hydrogen (secondary N) is 1. The Morgan fingerprint density at radius 3 is 2.58 bits per heavy atom. The van der Waals surface area contributed by atoms with E-state index in [2.05, 4.69) is 54.5 Å². The number of aryl methyl sites for hydroxylation is 2. The van der Waals surface area contributed by atoms with Gasteiger partial charge in [0.05, 0.1) is 15.5 Å². The first-order valence-corrected chi connectivity index (χ1v) is 9.66. The first-order chi connectivity index (χ1) is 11.5. The van der Waals surface area contributed by atoms with Crippen LogP contribution in [0.3, 0.4) is 0 Å². The lowest BCUT2D eigenvalue weighted by atomic mass is 10.2. The lowest BCUT2D eigenvalue weighted by molar-refractivity contribution is -0.115. The summed E-state index contributed by atoms with van der Waals surface area (Å²) < 4.78 is 1.10. The van der Waals surface area contributed by atoms with E-state index in [1.165, 1.54) is 22.5 Å². The molecule has 5 heteroatoms. The van der Waals surface area contributed by atoms with E-state index < -0.39 is 0 Å². The monoisotopic (exact) mass is 356 g/mol. The van der Waals surface area contributed by atoms with Crippen molar-refractivity contribution in [2.45, 2.75) is 37.3 Å². The smallest absolute Gasteiger partial charge is 0.239 e. The van der Waals surface area contributed by atoms with E-state index in [1.54, 1.807) is 11.8 Å². The molecule has 3 nitrogen and oxygen atoms in total. The van der Waals surface area contributed by atoms with Gasteiger partial charge >= 0.3 is 0 Å². The van der Waals surface area contributed by atoms with Crippen molar-refractivity contribution in [3.8, 4) is 0 Å². The van der Waals surface area contributed by atoms with E-state index in [1.807, 2.05) is 19.1 Å². The first-order valence-electron chi connectivity index (χ1n) is 7.96. The molecule has 1 unspecified atom stereocenters. The van der Waals surface area contributed by atoms with E-state index in [9.17, 15) is 4.79 Å². The van der Waals surface area contributed by atoms with E-state index >= 15 is 0 Å². The van der Waals surface area contributed by atoms with Crippen molar-refractivity contribution in [3.63, 3.8) is 0 Å². The zero-order valence-electron chi connectivity index (χ0n) is 14.0. The Morgan fingerprint density at radius 2 is 1.88 bits per heavy atom. The van der Waals surface area contributed by atoms with Crippen LogP contribution in [0.2, 0.25) is 0 Å². The number of carbonyl (C=O) groups is 1. The molecule has 0 bridgehead atoms. The number of anilines is 1. The molecule has 0 spiro atoms. The number of fused-ring (bicyclic) bond motifs is 1. The average molecular weight is 357 g/mol. The van der Waals surface area contributed by atoms with Crippen LogP contribution in [0.4, 0.5) is 5.13 Å². The fourth-order valence-corrected chi connectivity index (χ4v) is 4.30. The van der Waals surface area contributed by atoms with Crippen LogP contribution in [-0.4, -0.2) is 16.1 Å². The molecule has 0 saturated carbocycles. The minimum Gasteiger partial charge on any atom is -0.301 e. The highest BCUT2D eigenvalue weighted by Gasteiger charge is 2.19. The van der Waals surface area contributed by atoms with Crippen LogP contribution in [-0.2, 0) is 4.79 Å². The molecule has 3 aromatic rings. The van der Waals surface area contributed by atoms with Crippen LogP contribution in [0, 0.1) is 13.8 Å². The molecule has 1 heterocycles. The Labute approximate surface area is 150 Å². The van der Waals surface area contributed by atoms with Gasteiger partial charge in [-0.2, -0.15) is 0 Å². The van der Waals surface area contributed by atoms with Gasteiger partial charge in [0.25, 0.3) is 0 Å². The van der Waals surface area contributed by atoms with Gasteiger partial charge in [-0.05, 0) is 50.1 Å². The van der Waals surface area contributed by atoms with Crippen LogP contribution in [0.5, 0.6) is 0 Å². The molecule has 1 N–H and O–H groups in total. The van der Waals surface area contributed by atoms with Gasteiger partial charge in [-0.25, -0.2) is 4.98 Å². The molecule has 124 valence electrons. The fourth-order valence-electron chi connectivity index (χ4n) is 2.37. The zero-order chi connectivity index (χ0) is 17.1. The van der Waals surface area contributed by atoms with Crippen molar-refractivity contribution in [2.24, 2.45) is 0 Å². The molecule has 0 saturated heterocycles. The molecule has 24 heavy (non-hydrogen) atoms. The number of thioether (sulfide) groups is 1. The number of hydrogen-bond acceptors (Lipinski definition) is 4.